The molecule has 0 aliphatic rings. The molecule has 0 saturated carbocycles. The van der Waals surface area contributed by atoms with E-state index in [4.69, 9.17) is 9.47 Å². The smallest absolute Gasteiger partial charge is 0.257 e. The van der Waals surface area contributed by atoms with Crippen molar-refractivity contribution < 1.29 is 19.1 Å². The van der Waals surface area contributed by atoms with Gasteiger partial charge < -0.3 is 20.1 Å². The Morgan fingerprint density at radius 3 is 1.41 bits per heavy atom. The molecular weight excluding hydrogens is 404 g/mol. The molecule has 2 amide bonds. The van der Waals surface area contributed by atoms with Crippen molar-refractivity contribution in [3.63, 3.8) is 0 Å². The monoisotopic (exact) mass is 448 g/mol. The number of hydrogen-bond acceptors (Lipinski definition) is 4. The average molecular weight is 449 g/mol. The average Bonchev–Trinajstić information content (AvgIpc) is 2.80. The van der Waals surface area contributed by atoms with Gasteiger partial charge in [-0.3, -0.25) is 9.59 Å². The van der Waals surface area contributed by atoms with Crippen molar-refractivity contribution in [2.24, 2.45) is 0 Å². The molecule has 0 unspecified atom stereocenters. The molecule has 0 atom stereocenters. The van der Waals surface area contributed by atoms with Gasteiger partial charge in [-0.25, -0.2) is 0 Å². The Morgan fingerprint density at radius 1 is 0.625 bits per heavy atom. The maximum absolute atomic E-state index is 12.0. The highest BCUT2D eigenvalue weighted by atomic mass is 16.5. The summed E-state index contributed by atoms with van der Waals surface area (Å²) in [6.45, 7) is 5.61. The Morgan fingerprint density at radius 2 is 1.00 bits per heavy atom. The third-order valence-electron chi connectivity index (χ3n) is 5.27. The summed E-state index contributed by atoms with van der Waals surface area (Å²) in [5, 5.41) is 5.78. The predicted molar refractivity (Wildman–Crippen MR) is 130 cm³/mol. The van der Waals surface area contributed by atoms with Crippen molar-refractivity contribution in [2.45, 2.75) is 90.9 Å². The summed E-state index contributed by atoms with van der Waals surface area (Å²) in [4.78, 5) is 24.0. The molecular formula is C26H44N2O4. The fourth-order valence-electron chi connectivity index (χ4n) is 3.34. The summed E-state index contributed by atoms with van der Waals surface area (Å²) < 4.78 is 11.2. The fourth-order valence-corrected chi connectivity index (χ4v) is 3.34. The van der Waals surface area contributed by atoms with Crippen LogP contribution in [0.15, 0.2) is 24.3 Å². The highest BCUT2D eigenvalue weighted by Gasteiger charge is 2.09. The first-order valence-electron chi connectivity index (χ1n) is 12.5. The number of benzene rings is 1. The van der Waals surface area contributed by atoms with Crippen LogP contribution in [0.4, 0.5) is 0 Å². The van der Waals surface area contributed by atoms with Gasteiger partial charge in [0.1, 0.15) is 0 Å². The van der Waals surface area contributed by atoms with E-state index in [9.17, 15) is 9.59 Å². The van der Waals surface area contributed by atoms with E-state index in [1.165, 1.54) is 51.4 Å². The van der Waals surface area contributed by atoms with Crippen LogP contribution in [0.3, 0.4) is 0 Å². The minimum atomic E-state index is -0.148. The second kappa shape index (κ2) is 19.4. The highest BCUT2D eigenvalue weighted by Crippen LogP contribution is 2.26. The van der Waals surface area contributed by atoms with Gasteiger partial charge in [0, 0.05) is 13.1 Å². The van der Waals surface area contributed by atoms with E-state index >= 15 is 0 Å². The number of amides is 2. The first-order chi connectivity index (χ1) is 15.7. The van der Waals surface area contributed by atoms with Crippen molar-refractivity contribution >= 4 is 11.8 Å². The standard InChI is InChI=1S/C26H44N2O4/c1-3-5-7-9-11-15-19-27-25(29)21-31-23-17-13-14-18-24(23)32-22-26(30)28-20-16-12-10-8-6-4-2/h13-14,17-18H,3-12,15-16,19-22H2,1-2H3,(H,27,29)(H,28,30). The molecule has 0 aromatic heterocycles. The van der Waals surface area contributed by atoms with E-state index < -0.39 is 0 Å². The van der Waals surface area contributed by atoms with E-state index in [0.29, 0.717) is 24.6 Å². The summed E-state index contributed by atoms with van der Waals surface area (Å²) in [6, 6.07) is 7.11. The summed E-state index contributed by atoms with van der Waals surface area (Å²) in [6.07, 6.45) is 14.3. The molecule has 0 radical (unpaired) electrons. The largest absolute Gasteiger partial charge is 0.480 e. The van der Waals surface area contributed by atoms with Gasteiger partial charge in [0.15, 0.2) is 24.7 Å². The number of ether oxygens (including phenoxy) is 2. The Balaban J connectivity index is 2.20. The first-order valence-corrected chi connectivity index (χ1v) is 12.5. The summed E-state index contributed by atoms with van der Waals surface area (Å²) in [7, 11) is 0. The zero-order valence-electron chi connectivity index (χ0n) is 20.3. The van der Waals surface area contributed by atoms with Gasteiger partial charge in [-0.2, -0.15) is 0 Å². The Bertz CT molecular complexity index is 569. The lowest BCUT2D eigenvalue weighted by Gasteiger charge is -2.13. The van der Waals surface area contributed by atoms with Crippen molar-refractivity contribution in [3.05, 3.63) is 24.3 Å². The van der Waals surface area contributed by atoms with Crippen LogP contribution in [-0.2, 0) is 9.59 Å². The number of carbonyl (C=O) groups excluding carboxylic acids is 2. The zero-order chi connectivity index (χ0) is 23.3. The lowest BCUT2D eigenvalue weighted by atomic mass is 10.1. The van der Waals surface area contributed by atoms with Crippen LogP contribution >= 0.6 is 0 Å². The number of para-hydroxylation sites is 2. The van der Waals surface area contributed by atoms with Crippen molar-refractivity contribution in [1.29, 1.82) is 0 Å². The number of carbonyl (C=O) groups is 2. The third kappa shape index (κ3) is 14.7. The van der Waals surface area contributed by atoms with Gasteiger partial charge in [-0.05, 0) is 25.0 Å². The van der Waals surface area contributed by atoms with Crippen molar-refractivity contribution in [3.8, 4) is 11.5 Å². The number of unbranched alkanes of at least 4 members (excludes halogenated alkanes) is 10. The highest BCUT2D eigenvalue weighted by molar-refractivity contribution is 5.78. The predicted octanol–water partition coefficient (Wildman–Crippen LogP) is 5.40. The van der Waals surface area contributed by atoms with E-state index in [1.54, 1.807) is 12.1 Å². The molecule has 6 heteroatoms. The molecule has 1 aromatic carbocycles. The Hall–Kier alpha value is -2.24. The van der Waals surface area contributed by atoms with E-state index in [-0.39, 0.29) is 25.0 Å². The number of rotatable bonds is 20. The molecule has 0 aliphatic heterocycles. The van der Waals surface area contributed by atoms with Gasteiger partial charge in [-0.1, -0.05) is 90.2 Å². The maximum atomic E-state index is 12.0. The van der Waals surface area contributed by atoms with E-state index in [2.05, 4.69) is 24.5 Å². The molecule has 0 spiro atoms. The Kier molecular flexibility index (Phi) is 16.9. The van der Waals surface area contributed by atoms with Crippen LogP contribution in [-0.4, -0.2) is 38.1 Å². The summed E-state index contributed by atoms with van der Waals surface area (Å²) in [5.41, 5.74) is 0. The molecule has 182 valence electrons. The van der Waals surface area contributed by atoms with E-state index in [0.717, 1.165) is 25.7 Å². The molecule has 0 heterocycles. The second-order valence-electron chi connectivity index (χ2n) is 8.26. The van der Waals surface area contributed by atoms with Gasteiger partial charge in [0.2, 0.25) is 0 Å². The van der Waals surface area contributed by atoms with E-state index in [1.807, 2.05) is 12.1 Å². The number of nitrogens with one attached hydrogen (secondary N) is 2. The fraction of sp³-hybridized carbons (Fsp3) is 0.692. The molecule has 1 rings (SSSR count). The molecule has 6 nitrogen and oxygen atoms in total. The Labute approximate surface area is 194 Å². The lowest BCUT2D eigenvalue weighted by molar-refractivity contribution is -0.124. The third-order valence-corrected chi connectivity index (χ3v) is 5.27. The summed E-state index contributed by atoms with van der Waals surface area (Å²) in [5.74, 6) is 0.631. The van der Waals surface area contributed by atoms with Crippen LogP contribution in [0.25, 0.3) is 0 Å². The molecule has 0 saturated heterocycles. The first kappa shape index (κ1) is 27.8. The molecule has 0 fully saturated rings. The van der Waals surface area contributed by atoms with Crippen LogP contribution in [0.1, 0.15) is 90.9 Å². The van der Waals surface area contributed by atoms with Gasteiger partial charge in [-0.15, -0.1) is 0 Å². The van der Waals surface area contributed by atoms with Crippen LogP contribution in [0.2, 0.25) is 0 Å². The van der Waals surface area contributed by atoms with Crippen LogP contribution in [0, 0.1) is 0 Å². The maximum Gasteiger partial charge on any atom is 0.257 e. The quantitative estimate of drug-likeness (QED) is 0.262. The SMILES string of the molecule is CCCCCCCCNC(=O)COc1ccccc1OCC(=O)NCCCCCCCC. The lowest BCUT2D eigenvalue weighted by Crippen LogP contribution is -2.30. The van der Waals surface area contributed by atoms with Gasteiger partial charge >= 0.3 is 0 Å². The number of hydrogen-bond donors (Lipinski definition) is 2. The molecule has 2 N–H and O–H groups in total. The molecule has 32 heavy (non-hydrogen) atoms. The second-order valence-corrected chi connectivity index (χ2v) is 8.26. The minimum absolute atomic E-state index is 0.0690. The van der Waals surface area contributed by atoms with Crippen molar-refractivity contribution in [2.75, 3.05) is 26.3 Å². The van der Waals surface area contributed by atoms with Gasteiger partial charge in [0.25, 0.3) is 11.8 Å². The van der Waals surface area contributed by atoms with Crippen LogP contribution < -0.4 is 20.1 Å². The normalized spacial score (nSPS) is 10.6. The topological polar surface area (TPSA) is 76.7 Å². The summed E-state index contributed by atoms with van der Waals surface area (Å²) >= 11 is 0. The zero-order valence-corrected chi connectivity index (χ0v) is 20.3. The van der Waals surface area contributed by atoms with Crippen LogP contribution in [0.5, 0.6) is 11.5 Å². The molecule has 1 aromatic rings. The molecule has 0 aliphatic carbocycles. The van der Waals surface area contributed by atoms with Crippen molar-refractivity contribution in [1.82, 2.24) is 10.6 Å². The van der Waals surface area contributed by atoms with Gasteiger partial charge in [0.05, 0.1) is 0 Å². The minimum Gasteiger partial charge on any atom is -0.480 e. The molecule has 0 bridgehead atoms.